The van der Waals surface area contributed by atoms with Crippen molar-refractivity contribution < 1.29 is 4.79 Å². The third-order valence-electron chi connectivity index (χ3n) is 1.40. The molecule has 0 aromatic heterocycles. The Bertz CT molecular complexity index is 112. The van der Waals surface area contributed by atoms with Gasteiger partial charge in [0.05, 0.1) is 6.04 Å². The summed E-state index contributed by atoms with van der Waals surface area (Å²) < 4.78 is 0. The molecule has 0 heterocycles. The van der Waals surface area contributed by atoms with Gasteiger partial charge in [0.2, 0.25) is 5.91 Å². The van der Waals surface area contributed by atoms with Crippen molar-refractivity contribution in [2.45, 2.75) is 26.8 Å². The molecule has 60 valence electrons. The molecular weight excluding hydrogens is 128 g/mol. The van der Waals surface area contributed by atoms with E-state index in [0.29, 0.717) is 0 Å². The number of nitrogens with two attached hydrogens (primary N) is 1. The fraction of sp³-hybridized carbons (Fsp3) is 0.857. The molecule has 0 saturated carbocycles. The highest BCUT2D eigenvalue weighted by Crippen LogP contribution is 1.99. The molecule has 0 rings (SSSR count). The average Bonchev–Trinajstić information content (AvgIpc) is 1.81. The predicted molar refractivity (Wildman–Crippen MR) is 41.5 cm³/mol. The number of hydrogen-bond donors (Lipinski definition) is 2. The second-order valence-corrected chi connectivity index (χ2v) is 2.68. The van der Waals surface area contributed by atoms with Gasteiger partial charge in [-0.25, -0.2) is 0 Å². The molecule has 0 saturated heterocycles. The van der Waals surface area contributed by atoms with Gasteiger partial charge in [0.15, 0.2) is 0 Å². The van der Waals surface area contributed by atoms with E-state index < -0.39 is 0 Å². The second kappa shape index (κ2) is 4.28. The largest absolute Gasteiger partial charge is 0.368 e. The van der Waals surface area contributed by atoms with Crippen LogP contribution in [0.15, 0.2) is 0 Å². The monoisotopic (exact) mass is 144 g/mol. The molecule has 0 radical (unpaired) electrons. The van der Waals surface area contributed by atoms with Crippen LogP contribution in [-0.4, -0.2) is 18.5 Å². The number of carbonyl (C=O) groups is 1. The quantitative estimate of drug-likeness (QED) is 0.588. The van der Waals surface area contributed by atoms with Crippen LogP contribution in [0.5, 0.6) is 0 Å². The number of likely N-dealkylation sites (N-methyl/N-ethyl adjacent to an activating group) is 1. The first-order chi connectivity index (χ1) is 4.59. The van der Waals surface area contributed by atoms with Gasteiger partial charge in [-0.05, 0) is 12.5 Å². The second-order valence-electron chi connectivity index (χ2n) is 2.68. The fourth-order valence-electron chi connectivity index (χ4n) is 0.885. The lowest BCUT2D eigenvalue weighted by Crippen LogP contribution is -2.44. The summed E-state index contributed by atoms with van der Waals surface area (Å²) in [7, 11) is 0. The topological polar surface area (TPSA) is 55.1 Å². The Morgan fingerprint density at radius 3 is 2.20 bits per heavy atom. The summed E-state index contributed by atoms with van der Waals surface area (Å²) in [5, 5.41) is 3.01. The van der Waals surface area contributed by atoms with Gasteiger partial charge < -0.3 is 11.1 Å². The van der Waals surface area contributed by atoms with E-state index in [4.69, 9.17) is 5.73 Å². The zero-order chi connectivity index (χ0) is 8.15. The average molecular weight is 144 g/mol. The first-order valence-corrected chi connectivity index (χ1v) is 3.62. The first kappa shape index (κ1) is 9.43. The van der Waals surface area contributed by atoms with Crippen molar-refractivity contribution in [3.8, 4) is 0 Å². The molecule has 0 aliphatic rings. The minimum atomic E-state index is -0.267. The molecule has 0 unspecified atom stereocenters. The third-order valence-corrected chi connectivity index (χ3v) is 1.40. The summed E-state index contributed by atoms with van der Waals surface area (Å²) in [6.07, 6.45) is 0. The standard InChI is InChI=1S/C7H16N2O/c1-4-9-6(5(2)3)7(8)10/h5-6,9H,4H2,1-3H3,(H2,8,10)/t6-/m0/s1. The molecule has 1 atom stereocenters. The zero-order valence-electron chi connectivity index (χ0n) is 6.85. The van der Waals surface area contributed by atoms with Crippen molar-refractivity contribution in [3.63, 3.8) is 0 Å². The van der Waals surface area contributed by atoms with Crippen LogP contribution in [0.1, 0.15) is 20.8 Å². The molecule has 3 heteroatoms. The van der Waals surface area contributed by atoms with Crippen LogP contribution in [0.3, 0.4) is 0 Å². The highest BCUT2D eigenvalue weighted by Gasteiger charge is 2.16. The minimum Gasteiger partial charge on any atom is -0.368 e. The summed E-state index contributed by atoms with van der Waals surface area (Å²) in [4.78, 5) is 10.7. The lowest BCUT2D eigenvalue weighted by molar-refractivity contribution is -0.120. The first-order valence-electron chi connectivity index (χ1n) is 3.62. The van der Waals surface area contributed by atoms with Gasteiger partial charge in [0.1, 0.15) is 0 Å². The van der Waals surface area contributed by atoms with Gasteiger partial charge in [0, 0.05) is 0 Å². The molecule has 0 aliphatic carbocycles. The maximum atomic E-state index is 10.7. The van der Waals surface area contributed by atoms with Gasteiger partial charge in [-0.2, -0.15) is 0 Å². The number of amides is 1. The molecule has 0 bridgehead atoms. The van der Waals surface area contributed by atoms with E-state index in [1.54, 1.807) is 0 Å². The van der Waals surface area contributed by atoms with E-state index in [1.165, 1.54) is 0 Å². The Morgan fingerprint density at radius 1 is 1.60 bits per heavy atom. The van der Waals surface area contributed by atoms with Crippen LogP contribution in [-0.2, 0) is 4.79 Å². The lowest BCUT2D eigenvalue weighted by Gasteiger charge is -2.17. The Morgan fingerprint density at radius 2 is 2.10 bits per heavy atom. The van der Waals surface area contributed by atoms with Crippen LogP contribution in [0.2, 0.25) is 0 Å². The maximum absolute atomic E-state index is 10.7. The van der Waals surface area contributed by atoms with Gasteiger partial charge in [-0.1, -0.05) is 20.8 Å². The molecule has 1 amide bonds. The van der Waals surface area contributed by atoms with Crippen molar-refractivity contribution >= 4 is 5.91 Å². The number of nitrogens with one attached hydrogen (secondary N) is 1. The number of hydrogen-bond acceptors (Lipinski definition) is 2. The van der Waals surface area contributed by atoms with Crippen molar-refractivity contribution in [3.05, 3.63) is 0 Å². The SMILES string of the molecule is CCN[C@H](C(N)=O)C(C)C. The molecule has 0 aliphatic heterocycles. The van der Waals surface area contributed by atoms with Gasteiger partial charge in [-0.15, -0.1) is 0 Å². The molecular formula is C7H16N2O. The van der Waals surface area contributed by atoms with Crippen molar-refractivity contribution in [1.29, 1.82) is 0 Å². The summed E-state index contributed by atoms with van der Waals surface area (Å²) in [6, 6.07) is -0.176. The van der Waals surface area contributed by atoms with Crippen LogP contribution in [0, 0.1) is 5.92 Å². The molecule has 0 aromatic rings. The molecule has 0 aromatic carbocycles. The number of carbonyl (C=O) groups excluding carboxylic acids is 1. The molecule has 3 N–H and O–H groups in total. The highest BCUT2D eigenvalue weighted by molar-refractivity contribution is 5.80. The summed E-state index contributed by atoms with van der Waals surface area (Å²) >= 11 is 0. The van der Waals surface area contributed by atoms with Crippen LogP contribution < -0.4 is 11.1 Å². The van der Waals surface area contributed by atoms with E-state index in [9.17, 15) is 4.79 Å². The summed E-state index contributed by atoms with van der Waals surface area (Å²) in [5.74, 6) is 0.00861. The van der Waals surface area contributed by atoms with Crippen molar-refractivity contribution in [1.82, 2.24) is 5.32 Å². The van der Waals surface area contributed by atoms with Crippen molar-refractivity contribution in [2.24, 2.45) is 11.7 Å². The fourth-order valence-corrected chi connectivity index (χ4v) is 0.885. The van der Waals surface area contributed by atoms with E-state index in [-0.39, 0.29) is 17.9 Å². The van der Waals surface area contributed by atoms with E-state index in [2.05, 4.69) is 5.32 Å². The Balaban J connectivity index is 3.85. The van der Waals surface area contributed by atoms with Crippen LogP contribution >= 0.6 is 0 Å². The van der Waals surface area contributed by atoms with Gasteiger partial charge >= 0.3 is 0 Å². The molecule has 3 nitrogen and oxygen atoms in total. The normalized spacial score (nSPS) is 13.6. The maximum Gasteiger partial charge on any atom is 0.234 e. The zero-order valence-corrected chi connectivity index (χ0v) is 6.85. The molecule has 0 fully saturated rings. The Hall–Kier alpha value is -0.570. The summed E-state index contributed by atoms with van der Waals surface area (Å²) in [5.41, 5.74) is 5.12. The lowest BCUT2D eigenvalue weighted by atomic mass is 10.0. The smallest absolute Gasteiger partial charge is 0.234 e. The molecule has 10 heavy (non-hydrogen) atoms. The van der Waals surface area contributed by atoms with Crippen molar-refractivity contribution in [2.75, 3.05) is 6.54 Å². The van der Waals surface area contributed by atoms with Crippen LogP contribution in [0.25, 0.3) is 0 Å². The van der Waals surface area contributed by atoms with E-state index >= 15 is 0 Å². The van der Waals surface area contributed by atoms with E-state index in [0.717, 1.165) is 6.54 Å². The van der Waals surface area contributed by atoms with Gasteiger partial charge in [-0.3, -0.25) is 4.79 Å². The molecule has 0 spiro atoms. The number of primary amides is 1. The van der Waals surface area contributed by atoms with Crippen LogP contribution in [0.4, 0.5) is 0 Å². The highest BCUT2D eigenvalue weighted by atomic mass is 16.1. The Labute approximate surface area is 62.0 Å². The van der Waals surface area contributed by atoms with Gasteiger partial charge in [0.25, 0.3) is 0 Å². The van der Waals surface area contributed by atoms with E-state index in [1.807, 2.05) is 20.8 Å². The third kappa shape index (κ3) is 2.82. The minimum absolute atomic E-state index is 0.176. The summed E-state index contributed by atoms with van der Waals surface area (Å²) in [6.45, 7) is 6.68. The predicted octanol–water partition coefficient (Wildman–Crippen LogP) is 0.106. The Kier molecular flexibility index (Phi) is 4.03. The number of rotatable bonds is 4.